The van der Waals surface area contributed by atoms with E-state index in [2.05, 4.69) is 23.5 Å². The van der Waals surface area contributed by atoms with Gasteiger partial charge in [-0.1, -0.05) is 56.2 Å². The summed E-state index contributed by atoms with van der Waals surface area (Å²) in [5.41, 5.74) is 0. The molecule has 0 spiro atoms. The summed E-state index contributed by atoms with van der Waals surface area (Å²) >= 11 is 0. The second kappa shape index (κ2) is 19.0. The molecular weight excluding hydrogens is 455 g/mol. The molecule has 0 aliphatic rings. The van der Waals surface area contributed by atoms with Gasteiger partial charge in [-0.15, -0.1) is 0 Å². The van der Waals surface area contributed by atoms with Crippen LogP contribution in [0, 0.1) is 0 Å². The summed E-state index contributed by atoms with van der Waals surface area (Å²) in [6.07, 6.45) is 17.2. The number of phosphoric acid groups is 1. The van der Waals surface area contributed by atoms with Crippen LogP contribution in [0.15, 0.2) is 36.5 Å². The predicted octanol–water partition coefficient (Wildman–Crippen LogP) is 3.87. The van der Waals surface area contributed by atoms with E-state index in [0.29, 0.717) is 17.4 Å². The van der Waals surface area contributed by atoms with Crippen molar-refractivity contribution >= 4 is 13.7 Å². The lowest BCUT2D eigenvalue weighted by molar-refractivity contribution is -0.870. The van der Waals surface area contributed by atoms with Gasteiger partial charge in [0.2, 0.25) is 5.91 Å². The second-order valence-corrected chi connectivity index (χ2v) is 10.7. The SMILES string of the molecule is C/C=C/CC/C=C/CC/C=C/C(O)C(COP(=O)([O-])OCC[N+](C)(C)C)NC(=O)CCCCC. The lowest BCUT2D eigenvalue weighted by Crippen LogP contribution is -2.45. The number of amides is 1. The summed E-state index contributed by atoms with van der Waals surface area (Å²) < 4.78 is 22.6. The Hall–Kier alpha value is -1.28. The molecule has 0 saturated carbocycles. The summed E-state index contributed by atoms with van der Waals surface area (Å²) in [5.74, 6) is -0.245. The fraction of sp³-hybridized carbons (Fsp3) is 0.720. The Morgan fingerprint density at radius 2 is 1.68 bits per heavy atom. The number of quaternary nitrogens is 1. The van der Waals surface area contributed by atoms with Crippen LogP contribution in [-0.4, -0.2) is 68.5 Å². The molecule has 2 N–H and O–H groups in total. The molecule has 1 amide bonds. The number of unbranched alkanes of at least 4 members (excludes halogenated alkanes) is 4. The monoisotopic (exact) mass is 502 g/mol. The number of nitrogens with zero attached hydrogens (tertiary/aromatic N) is 1. The highest BCUT2D eigenvalue weighted by atomic mass is 31.2. The summed E-state index contributed by atoms with van der Waals surface area (Å²) in [6, 6.07) is -0.897. The molecule has 0 aliphatic heterocycles. The molecule has 0 radical (unpaired) electrons. The minimum Gasteiger partial charge on any atom is -0.756 e. The van der Waals surface area contributed by atoms with E-state index in [0.717, 1.165) is 44.9 Å². The van der Waals surface area contributed by atoms with Gasteiger partial charge in [-0.05, 0) is 39.0 Å². The first-order chi connectivity index (χ1) is 16.0. The average Bonchev–Trinajstić information content (AvgIpc) is 2.74. The van der Waals surface area contributed by atoms with E-state index in [4.69, 9.17) is 9.05 Å². The first kappa shape index (κ1) is 32.7. The van der Waals surface area contributed by atoms with Crippen LogP contribution in [0.1, 0.15) is 65.2 Å². The van der Waals surface area contributed by atoms with E-state index in [1.807, 2.05) is 47.1 Å². The zero-order valence-corrected chi connectivity index (χ0v) is 22.7. The van der Waals surface area contributed by atoms with Crippen LogP contribution < -0.4 is 10.2 Å². The molecule has 0 aliphatic carbocycles. The Balaban J connectivity index is 4.80. The van der Waals surface area contributed by atoms with Crippen molar-refractivity contribution in [1.82, 2.24) is 5.32 Å². The van der Waals surface area contributed by atoms with E-state index >= 15 is 0 Å². The van der Waals surface area contributed by atoms with E-state index in [1.54, 1.807) is 6.08 Å². The average molecular weight is 503 g/mol. The fourth-order valence-corrected chi connectivity index (χ4v) is 3.56. The number of aliphatic hydroxyl groups is 1. The van der Waals surface area contributed by atoms with Crippen LogP contribution in [-0.2, 0) is 18.4 Å². The van der Waals surface area contributed by atoms with Gasteiger partial charge < -0.3 is 28.8 Å². The van der Waals surface area contributed by atoms with Crippen molar-refractivity contribution in [2.75, 3.05) is 40.9 Å². The Kier molecular flexibility index (Phi) is 18.3. The van der Waals surface area contributed by atoms with E-state index in [1.165, 1.54) is 0 Å². The van der Waals surface area contributed by atoms with E-state index < -0.39 is 26.6 Å². The highest BCUT2D eigenvalue weighted by molar-refractivity contribution is 7.45. The molecule has 0 saturated heterocycles. The minimum absolute atomic E-state index is 0.0109. The molecular formula is C25H47N2O6P. The third-order valence-corrected chi connectivity index (χ3v) is 5.89. The quantitative estimate of drug-likeness (QED) is 0.113. The van der Waals surface area contributed by atoms with Crippen molar-refractivity contribution in [1.29, 1.82) is 0 Å². The highest BCUT2D eigenvalue weighted by Gasteiger charge is 2.23. The molecule has 0 aromatic carbocycles. The van der Waals surface area contributed by atoms with Crippen LogP contribution >= 0.6 is 7.82 Å². The third kappa shape index (κ3) is 20.1. The summed E-state index contributed by atoms with van der Waals surface area (Å²) in [4.78, 5) is 24.4. The number of carbonyl (C=O) groups is 1. The maximum Gasteiger partial charge on any atom is 0.268 e. The highest BCUT2D eigenvalue weighted by Crippen LogP contribution is 2.38. The number of hydrogen-bond acceptors (Lipinski definition) is 6. The van der Waals surface area contributed by atoms with Crippen LogP contribution in [0.2, 0.25) is 0 Å². The van der Waals surface area contributed by atoms with E-state index in [9.17, 15) is 19.4 Å². The lowest BCUT2D eigenvalue weighted by atomic mass is 10.1. The molecule has 8 nitrogen and oxygen atoms in total. The van der Waals surface area contributed by atoms with Crippen LogP contribution in [0.5, 0.6) is 0 Å². The zero-order valence-electron chi connectivity index (χ0n) is 21.8. The normalized spacial score (nSPS) is 16.3. The number of rotatable bonds is 20. The van der Waals surface area contributed by atoms with Gasteiger partial charge in [0.25, 0.3) is 7.82 Å². The smallest absolute Gasteiger partial charge is 0.268 e. The molecule has 198 valence electrons. The van der Waals surface area contributed by atoms with E-state index in [-0.39, 0.29) is 12.5 Å². The molecule has 3 unspecified atom stereocenters. The Bertz CT molecular complexity index is 673. The maximum atomic E-state index is 12.3. The van der Waals surface area contributed by atoms with Gasteiger partial charge in [-0.25, -0.2) is 0 Å². The van der Waals surface area contributed by atoms with Crippen LogP contribution in [0.4, 0.5) is 0 Å². The number of phosphoric ester groups is 1. The van der Waals surface area contributed by atoms with Crippen molar-refractivity contribution in [2.24, 2.45) is 0 Å². The molecule has 0 bridgehead atoms. The number of nitrogens with one attached hydrogen (secondary N) is 1. The van der Waals surface area contributed by atoms with Gasteiger partial charge in [0, 0.05) is 6.42 Å². The molecule has 0 aromatic rings. The number of likely N-dealkylation sites (N-methyl/N-ethyl adjacent to an activating group) is 1. The van der Waals surface area contributed by atoms with Crippen molar-refractivity contribution in [3.05, 3.63) is 36.5 Å². The predicted molar refractivity (Wildman–Crippen MR) is 136 cm³/mol. The van der Waals surface area contributed by atoms with Gasteiger partial charge >= 0.3 is 0 Å². The minimum atomic E-state index is -4.55. The summed E-state index contributed by atoms with van der Waals surface area (Å²) in [6.45, 7) is 4.12. The molecule has 0 fully saturated rings. The van der Waals surface area contributed by atoms with Gasteiger partial charge in [0.15, 0.2) is 0 Å². The molecule has 0 aromatic heterocycles. The third-order valence-electron chi connectivity index (χ3n) is 4.93. The largest absolute Gasteiger partial charge is 0.756 e. The van der Waals surface area contributed by atoms with Crippen LogP contribution in [0.3, 0.4) is 0 Å². The first-order valence-electron chi connectivity index (χ1n) is 12.3. The fourth-order valence-electron chi connectivity index (χ4n) is 2.83. The topological polar surface area (TPSA) is 108 Å². The Labute approximate surface area is 206 Å². The van der Waals surface area contributed by atoms with Crippen molar-refractivity contribution in [2.45, 2.75) is 77.4 Å². The number of carbonyl (C=O) groups excluding carboxylic acids is 1. The van der Waals surface area contributed by atoms with Gasteiger partial charge in [-0.2, -0.15) is 0 Å². The second-order valence-electron chi connectivity index (χ2n) is 9.34. The zero-order chi connectivity index (χ0) is 25.9. The van der Waals surface area contributed by atoms with Gasteiger partial charge in [0.05, 0.1) is 39.9 Å². The van der Waals surface area contributed by atoms with Crippen molar-refractivity contribution in [3.63, 3.8) is 0 Å². The Morgan fingerprint density at radius 1 is 1.06 bits per heavy atom. The number of hydrogen-bond donors (Lipinski definition) is 2. The summed E-state index contributed by atoms with van der Waals surface area (Å²) in [7, 11) is 1.21. The summed E-state index contributed by atoms with van der Waals surface area (Å²) in [5, 5.41) is 13.3. The number of allylic oxidation sites excluding steroid dienone is 5. The maximum absolute atomic E-state index is 12.3. The van der Waals surface area contributed by atoms with Crippen molar-refractivity contribution in [3.8, 4) is 0 Å². The standard InChI is InChI=1S/C25H47N2O6P/c1-6-8-10-11-12-13-14-15-17-18-24(28)23(26-25(29)19-16-9-7-2)22-33-34(30,31)32-21-20-27(3,4)5/h6,8,12-13,17-18,23-24,28H,7,9-11,14-16,19-22H2,1-5H3,(H-,26,29,30,31)/b8-6+,13-12+,18-17+. The van der Waals surface area contributed by atoms with Crippen molar-refractivity contribution < 1.29 is 32.9 Å². The number of aliphatic hydroxyl groups excluding tert-OH is 1. The lowest BCUT2D eigenvalue weighted by Gasteiger charge is -2.29. The van der Waals surface area contributed by atoms with Gasteiger partial charge in [-0.3, -0.25) is 9.36 Å². The van der Waals surface area contributed by atoms with Crippen LogP contribution in [0.25, 0.3) is 0 Å². The van der Waals surface area contributed by atoms with Gasteiger partial charge in [0.1, 0.15) is 13.2 Å². The Morgan fingerprint density at radius 3 is 2.26 bits per heavy atom. The molecule has 9 heteroatoms. The first-order valence-corrected chi connectivity index (χ1v) is 13.8. The molecule has 0 heterocycles. The molecule has 34 heavy (non-hydrogen) atoms. The molecule has 0 rings (SSSR count). The molecule has 3 atom stereocenters.